The lowest BCUT2D eigenvalue weighted by molar-refractivity contribution is 0.0730. The zero-order valence-corrected chi connectivity index (χ0v) is 15.3. The van der Waals surface area contributed by atoms with E-state index in [0.29, 0.717) is 31.2 Å². The van der Waals surface area contributed by atoms with Gasteiger partial charge in [0.15, 0.2) is 0 Å². The molecule has 1 aliphatic rings. The maximum Gasteiger partial charge on any atom is 0.243 e. The van der Waals surface area contributed by atoms with Gasteiger partial charge in [-0.25, -0.2) is 13.4 Å². The van der Waals surface area contributed by atoms with Crippen LogP contribution in [0.4, 0.5) is 0 Å². The quantitative estimate of drug-likeness (QED) is 0.849. The summed E-state index contributed by atoms with van der Waals surface area (Å²) in [7, 11) is -3.42. The van der Waals surface area contributed by atoms with Gasteiger partial charge in [0, 0.05) is 24.0 Å². The Labute approximate surface area is 142 Å². The van der Waals surface area contributed by atoms with Crippen molar-refractivity contribution in [3.05, 3.63) is 34.7 Å². The maximum absolute atomic E-state index is 12.5. The summed E-state index contributed by atoms with van der Waals surface area (Å²) in [6.45, 7) is 7.68. The van der Waals surface area contributed by atoms with Crippen molar-refractivity contribution in [1.82, 2.24) is 9.29 Å². The van der Waals surface area contributed by atoms with E-state index in [9.17, 15) is 8.42 Å². The van der Waals surface area contributed by atoms with Crippen LogP contribution in [-0.2, 0) is 14.8 Å². The van der Waals surface area contributed by atoms with Crippen molar-refractivity contribution in [3.63, 3.8) is 0 Å². The van der Waals surface area contributed by atoms with E-state index in [1.165, 1.54) is 4.31 Å². The number of hydrogen-bond donors (Lipinski definition) is 0. The maximum atomic E-state index is 12.5. The lowest BCUT2D eigenvalue weighted by Crippen LogP contribution is -2.40. The van der Waals surface area contributed by atoms with E-state index < -0.39 is 10.0 Å². The third-order valence-corrected chi connectivity index (χ3v) is 6.06. The number of nitrogens with zero attached hydrogens (tertiary/aromatic N) is 2. The first-order chi connectivity index (χ1) is 11.1. The number of hydrogen-bond acceptors (Lipinski definition) is 5. The van der Waals surface area contributed by atoms with Crippen LogP contribution in [0.15, 0.2) is 34.5 Å². The third-order valence-electron chi connectivity index (χ3n) is 3.38. The molecule has 0 unspecified atom stereocenters. The highest BCUT2D eigenvalue weighted by Gasteiger charge is 2.26. The Balaban J connectivity index is 0.000000924. The molecule has 0 spiro atoms. The highest BCUT2D eigenvalue weighted by Crippen LogP contribution is 2.24. The predicted molar refractivity (Wildman–Crippen MR) is 93.2 cm³/mol. The molecule has 5 nitrogen and oxygen atoms in total. The van der Waals surface area contributed by atoms with Crippen LogP contribution in [0.3, 0.4) is 0 Å². The molecular formula is C16H22N2O3S2. The minimum Gasteiger partial charge on any atom is -0.379 e. The Kier molecular flexibility index (Phi) is 6.29. The predicted octanol–water partition coefficient (Wildman–Crippen LogP) is 3.17. The Morgan fingerprint density at radius 1 is 1.13 bits per heavy atom. The van der Waals surface area contributed by atoms with Crippen LogP contribution in [-0.4, -0.2) is 44.0 Å². The van der Waals surface area contributed by atoms with E-state index in [4.69, 9.17) is 4.74 Å². The van der Waals surface area contributed by atoms with Gasteiger partial charge in [-0.1, -0.05) is 26.0 Å². The molecule has 7 heteroatoms. The van der Waals surface area contributed by atoms with Gasteiger partial charge in [0.2, 0.25) is 10.0 Å². The van der Waals surface area contributed by atoms with Crippen molar-refractivity contribution in [3.8, 4) is 11.3 Å². The Hall–Kier alpha value is -1.28. The number of benzene rings is 1. The molecule has 1 aromatic carbocycles. The largest absolute Gasteiger partial charge is 0.379 e. The summed E-state index contributed by atoms with van der Waals surface area (Å²) in [6, 6.07) is 6.91. The molecule has 3 rings (SSSR count). The van der Waals surface area contributed by atoms with Gasteiger partial charge >= 0.3 is 0 Å². The molecule has 126 valence electrons. The number of aryl methyl sites for hydroxylation is 1. The molecule has 2 heterocycles. The van der Waals surface area contributed by atoms with Gasteiger partial charge in [-0.15, -0.1) is 11.3 Å². The summed E-state index contributed by atoms with van der Waals surface area (Å²) in [4.78, 5) is 4.72. The average Bonchev–Trinajstić information content (AvgIpc) is 3.04. The smallest absolute Gasteiger partial charge is 0.243 e. The van der Waals surface area contributed by atoms with Crippen molar-refractivity contribution in [2.45, 2.75) is 25.7 Å². The minimum absolute atomic E-state index is 0.320. The Bertz CT molecular complexity index is 718. The van der Waals surface area contributed by atoms with E-state index in [2.05, 4.69) is 4.98 Å². The Morgan fingerprint density at radius 3 is 2.26 bits per heavy atom. The van der Waals surface area contributed by atoms with Gasteiger partial charge in [-0.05, 0) is 19.1 Å². The van der Waals surface area contributed by atoms with E-state index in [1.807, 2.05) is 38.3 Å². The summed E-state index contributed by atoms with van der Waals surface area (Å²) in [5.41, 5.74) is 1.81. The molecule has 0 radical (unpaired) electrons. The second-order valence-electron chi connectivity index (χ2n) is 4.79. The molecule has 0 amide bonds. The first-order valence-corrected chi connectivity index (χ1v) is 10.00. The lowest BCUT2D eigenvalue weighted by atomic mass is 10.2. The van der Waals surface area contributed by atoms with E-state index in [0.717, 1.165) is 16.3 Å². The van der Waals surface area contributed by atoms with Crippen LogP contribution in [0.25, 0.3) is 11.3 Å². The number of sulfonamides is 1. The van der Waals surface area contributed by atoms with Crippen LogP contribution in [0.1, 0.15) is 18.9 Å². The summed E-state index contributed by atoms with van der Waals surface area (Å²) in [6.07, 6.45) is 0. The van der Waals surface area contributed by atoms with Crippen LogP contribution in [0, 0.1) is 6.92 Å². The van der Waals surface area contributed by atoms with Crippen LogP contribution < -0.4 is 0 Å². The van der Waals surface area contributed by atoms with Crippen LogP contribution in [0.2, 0.25) is 0 Å². The van der Waals surface area contributed by atoms with Gasteiger partial charge in [0.1, 0.15) is 0 Å². The first-order valence-electron chi connectivity index (χ1n) is 7.68. The summed E-state index contributed by atoms with van der Waals surface area (Å²) < 4.78 is 31.7. The molecule has 1 saturated heterocycles. The van der Waals surface area contributed by atoms with E-state index in [-0.39, 0.29) is 0 Å². The second kappa shape index (κ2) is 8.01. The number of ether oxygens (including phenoxy) is 1. The number of thiazole rings is 1. The van der Waals surface area contributed by atoms with E-state index in [1.54, 1.807) is 23.5 Å². The Morgan fingerprint density at radius 2 is 1.74 bits per heavy atom. The zero-order valence-electron chi connectivity index (χ0n) is 13.7. The van der Waals surface area contributed by atoms with Crippen molar-refractivity contribution < 1.29 is 13.2 Å². The monoisotopic (exact) mass is 354 g/mol. The van der Waals surface area contributed by atoms with Crippen molar-refractivity contribution in [1.29, 1.82) is 0 Å². The number of aromatic nitrogens is 1. The summed E-state index contributed by atoms with van der Waals surface area (Å²) in [5.74, 6) is 0. The van der Waals surface area contributed by atoms with Gasteiger partial charge in [0.05, 0.1) is 28.8 Å². The van der Waals surface area contributed by atoms with Gasteiger partial charge in [-0.3, -0.25) is 0 Å². The van der Waals surface area contributed by atoms with Crippen molar-refractivity contribution in [2.75, 3.05) is 26.3 Å². The molecule has 2 aromatic rings. The SMILES string of the molecule is CC.Cc1nc(-c2ccc(S(=O)(=O)N3CCOCC3)cc2)cs1. The fraction of sp³-hybridized carbons (Fsp3) is 0.438. The highest BCUT2D eigenvalue weighted by molar-refractivity contribution is 7.89. The molecular weight excluding hydrogens is 332 g/mol. The molecule has 0 N–H and O–H groups in total. The summed E-state index contributed by atoms with van der Waals surface area (Å²) >= 11 is 1.58. The zero-order chi connectivity index (χ0) is 16.9. The fourth-order valence-electron chi connectivity index (χ4n) is 2.23. The molecule has 1 aromatic heterocycles. The number of morpholine rings is 1. The average molecular weight is 354 g/mol. The van der Waals surface area contributed by atoms with E-state index >= 15 is 0 Å². The van der Waals surface area contributed by atoms with Gasteiger partial charge in [-0.2, -0.15) is 4.31 Å². The number of rotatable bonds is 3. The topological polar surface area (TPSA) is 59.5 Å². The molecule has 0 saturated carbocycles. The lowest BCUT2D eigenvalue weighted by Gasteiger charge is -2.26. The molecule has 1 aliphatic heterocycles. The van der Waals surface area contributed by atoms with Crippen LogP contribution in [0.5, 0.6) is 0 Å². The minimum atomic E-state index is -3.42. The van der Waals surface area contributed by atoms with Gasteiger partial charge in [0.25, 0.3) is 0 Å². The van der Waals surface area contributed by atoms with Crippen molar-refractivity contribution >= 4 is 21.4 Å². The molecule has 0 bridgehead atoms. The molecule has 23 heavy (non-hydrogen) atoms. The molecule has 0 aliphatic carbocycles. The highest BCUT2D eigenvalue weighted by atomic mass is 32.2. The molecule has 1 fully saturated rings. The summed E-state index contributed by atoms with van der Waals surface area (Å²) in [5, 5.41) is 2.97. The van der Waals surface area contributed by atoms with Crippen molar-refractivity contribution in [2.24, 2.45) is 0 Å². The third kappa shape index (κ3) is 4.17. The molecule has 0 atom stereocenters. The standard InChI is InChI=1S/C14H16N2O3S2.C2H6/c1-11-15-14(10-20-11)12-2-4-13(5-3-12)21(17,18)16-6-8-19-9-7-16;1-2/h2-5,10H,6-9H2,1H3;1-2H3. The first kappa shape index (κ1) is 18.1. The fourth-order valence-corrected chi connectivity index (χ4v) is 4.26. The van der Waals surface area contributed by atoms with Crippen LogP contribution >= 0.6 is 11.3 Å². The second-order valence-corrected chi connectivity index (χ2v) is 7.79. The van der Waals surface area contributed by atoms with Gasteiger partial charge < -0.3 is 4.74 Å². The normalized spacial score (nSPS) is 15.8.